The maximum absolute atomic E-state index is 9.82. The Morgan fingerprint density at radius 1 is 1.05 bits per heavy atom. The largest absolute Gasteiger partial charge is 0.489 e. The zero-order valence-electron chi connectivity index (χ0n) is 11.9. The third-order valence-electron chi connectivity index (χ3n) is 4.01. The first-order valence-corrected chi connectivity index (χ1v) is 7.17. The Kier molecular flexibility index (Phi) is 3.40. The molecule has 2 aromatic rings. The van der Waals surface area contributed by atoms with E-state index in [4.69, 9.17) is 0 Å². The summed E-state index contributed by atoms with van der Waals surface area (Å²) in [6, 6.07) is 12.5. The van der Waals surface area contributed by atoms with Crippen LogP contribution in [0, 0.1) is 5.92 Å². The van der Waals surface area contributed by atoms with Crippen molar-refractivity contribution in [2.75, 3.05) is 0 Å². The number of hydrogen-bond acceptors (Lipinski definition) is 2. The minimum Gasteiger partial charge on any atom is -0.423 e. The quantitative estimate of drug-likeness (QED) is 0.713. The van der Waals surface area contributed by atoms with Gasteiger partial charge in [-0.1, -0.05) is 50.2 Å². The van der Waals surface area contributed by atoms with E-state index >= 15 is 0 Å². The summed E-state index contributed by atoms with van der Waals surface area (Å²) >= 11 is 0. The second kappa shape index (κ2) is 5.08. The van der Waals surface area contributed by atoms with Crippen LogP contribution >= 0.6 is 0 Å². The fraction of sp³-hybridized carbons (Fsp3) is 0.294. The third kappa shape index (κ3) is 2.17. The molecule has 20 heavy (non-hydrogen) atoms. The van der Waals surface area contributed by atoms with Crippen LogP contribution in [-0.4, -0.2) is 17.2 Å². The highest BCUT2D eigenvalue weighted by molar-refractivity contribution is 6.60. The number of hydrogen-bond donors (Lipinski definition) is 2. The average molecular weight is 266 g/mol. The molecule has 0 bridgehead atoms. The van der Waals surface area contributed by atoms with Gasteiger partial charge in [-0.3, -0.25) is 0 Å². The van der Waals surface area contributed by atoms with E-state index in [-0.39, 0.29) is 0 Å². The molecule has 0 aliphatic heterocycles. The summed E-state index contributed by atoms with van der Waals surface area (Å²) in [5, 5.41) is 19.6. The Morgan fingerprint density at radius 2 is 1.80 bits per heavy atom. The standard InChI is InChI=1S/C17H19BO2/c1-11(2)9-13-7-8-15-14-6-4-3-5-12(14)10-16(15)17(13)18(19)20/h3-8,11,19-20H,9-10H2,1-2H3. The van der Waals surface area contributed by atoms with Gasteiger partial charge < -0.3 is 10.0 Å². The molecule has 0 saturated heterocycles. The average Bonchev–Trinajstić information content (AvgIpc) is 2.75. The predicted molar refractivity (Wildman–Crippen MR) is 83.1 cm³/mol. The van der Waals surface area contributed by atoms with E-state index in [1.54, 1.807) is 0 Å². The van der Waals surface area contributed by atoms with E-state index in [0.717, 1.165) is 29.5 Å². The van der Waals surface area contributed by atoms with E-state index in [9.17, 15) is 10.0 Å². The van der Waals surface area contributed by atoms with Gasteiger partial charge in [-0.05, 0) is 52.0 Å². The first kappa shape index (κ1) is 13.4. The van der Waals surface area contributed by atoms with Crippen LogP contribution in [0.5, 0.6) is 0 Å². The molecule has 0 heterocycles. The molecule has 2 nitrogen and oxygen atoms in total. The molecular weight excluding hydrogens is 247 g/mol. The fourth-order valence-electron chi connectivity index (χ4n) is 3.22. The molecule has 0 unspecified atom stereocenters. The normalized spacial score (nSPS) is 12.4. The lowest BCUT2D eigenvalue weighted by atomic mass is 9.71. The minimum absolute atomic E-state index is 0.495. The molecule has 0 spiro atoms. The predicted octanol–water partition coefficient (Wildman–Crippen LogP) is 2.14. The van der Waals surface area contributed by atoms with E-state index < -0.39 is 7.12 Å². The van der Waals surface area contributed by atoms with Crippen molar-refractivity contribution >= 4 is 12.6 Å². The van der Waals surface area contributed by atoms with Gasteiger partial charge in [-0.15, -0.1) is 0 Å². The Bertz CT molecular complexity index is 647. The molecule has 2 N–H and O–H groups in total. The monoisotopic (exact) mass is 266 g/mol. The lowest BCUT2D eigenvalue weighted by Gasteiger charge is -2.15. The summed E-state index contributed by atoms with van der Waals surface area (Å²) in [5.74, 6) is 0.495. The molecule has 0 fully saturated rings. The first-order chi connectivity index (χ1) is 9.58. The summed E-state index contributed by atoms with van der Waals surface area (Å²) < 4.78 is 0. The topological polar surface area (TPSA) is 40.5 Å². The first-order valence-electron chi connectivity index (χ1n) is 7.17. The van der Waals surface area contributed by atoms with Gasteiger partial charge in [0.1, 0.15) is 0 Å². The van der Waals surface area contributed by atoms with Crippen LogP contribution in [0.3, 0.4) is 0 Å². The molecule has 0 radical (unpaired) electrons. The van der Waals surface area contributed by atoms with Crippen LogP contribution in [0.2, 0.25) is 0 Å². The van der Waals surface area contributed by atoms with Crippen molar-refractivity contribution in [1.29, 1.82) is 0 Å². The maximum atomic E-state index is 9.82. The lowest BCUT2D eigenvalue weighted by Crippen LogP contribution is -2.36. The maximum Gasteiger partial charge on any atom is 0.489 e. The molecular formula is C17H19BO2. The van der Waals surface area contributed by atoms with E-state index in [2.05, 4.69) is 38.1 Å². The van der Waals surface area contributed by atoms with Crippen molar-refractivity contribution in [3.8, 4) is 11.1 Å². The SMILES string of the molecule is CC(C)Cc1ccc2c(c1B(O)O)Cc1ccccc1-2. The van der Waals surface area contributed by atoms with Crippen molar-refractivity contribution in [3.05, 3.63) is 53.1 Å². The summed E-state index contributed by atoms with van der Waals surface area (Å²) in [6.07, 6.45) is 1.67. The highest BCUT2D eigenvalue weighted by atomic mass is 16.4. The molecule has 3 rings (SSSR count). The van der Waals surface area contributed by atoms with Crippen LogP contribution < -0.4 is 5.46 Å². The van der Waals surface area contributed by atoms with Crippen LogP contribution in [0.4, 0.5) is 0 Å². The lowest BCUT2D eigenvalue weighted by molar-refractivity contribution is 0.425. The van der Waals surface area contributed by atoms with Crippen molar-refractivity contribution in [3.63, 3.8) is 0 Å². The summed E-state index contributed by atoms with van der Waals surface area (Å²) in [7, 11) is -1.40. The molecule has 3 heteroatoms. The van der Waals surface area contributed by atoms with Crippen molar-refractivity contribution in [2.24, 2.45) is 5.92 Å². The molecule has 0 aromatic heterocycles. The van der Waals surface area contributed by atoms with Crippen LogP contribution in [0.1, 0.15) is 30.5 Å². The highest BCUT2D eigenvalue weighted by Gasteiger charge is 2.28. The van der Waals surface area contributed by atoms with Crippen molar-refractivity contribution in [2.45, 2.75) is 26.7 Å². The number of rotatable bonds is 3. The van der Waals surface area contributed by atoms with Crippen LogP contribution in [0.25, 0.3) is 11.1 Å². The zero-order chi connectivity index (χ0) is 14.3. The Labute approximate surface area is 120 Å². The Balaban J connectivity index is 2.16. The number of benzene rings is 2. The molecule has 0 atom stereocenters. The fourth-order valence-corrected chi connectivity index (χ4v) is 3.22. The van der Waals surface area contributed by atoms with Gasteiger partial charge >= 0.3 is 7.12 Å². The van der Waals surface area contributed by atoms with Crippen LogP contribution in [0.15, 0.2) is 36.4 Å². The number of fused-ring (bicyclic) bond motifs is 3. The van der Waals surface area contributed by atoms with Gasteiger partial charge in [0, 0.05) is 0 Å². The van der Waals surface area contributed by atoms with Gasteiger partial charge in [0.15, 0.2) is 0 Å². The molecule has 1 aliphatic rings. The van der Waals surface area contributed by atoms with Gasteiger partial charge in [0.05, 0.1) is 0 Å². The van der Waals surface area contributed by atoms with Crippen molar-refractivity contribution < 1.29 is 10.0 Å². The second-order valence-electron chi connectivity index (χ2n) is 5.97. The third-order valence-corrected chi connectivity index (χ3v) is 4.01. The molecule has 0 saturated carbocycles. The summed E-state index contributed by atoms with van der Waals surface area (Å²) in [4.78, 5) is 0. The van der Waals surface area contributed by atoms with Gasteiger partial charge in [0.2, 0.25) is 0 Å². The summed E-state index contributed by atoms with van der Waals surface area (Å²) in [5.41, 5.74) is 6.50. The molecule has 0 amide bonds. The Hall–Kier alpha value is -1.58. The molecule has 2 aromatic carbocycles. The zero-order valence-corrected chi connectivity index (χ0v) is 11.9. The van der Waals surface area contributed by atoms with E-state index in [1.807, 2.05) is 12.1 Å². The van der Waals surface area contributed by atoms with Gasteiger partial charge in [-0.25, -0.2) is 0 Å². The highest BCUT2D eigenvalue weighted by Crippen LogP contribution is 2.36. The Morgan fingerprint density at radius 3 is 2.50 bits per heavy atom. The van der Waals surface area contributed by atoms with Crippen molar-refractivity contribution in [1.82, 2.24) is 0 Å². The molecule has 102 valence electrons. The summed E-state index contributed by atoms with van der Waals surface area (Å²) in [6.45, 7) is 4.30. The van der Waals surface area contributed by atoms with Gasteiger partial charge in [0.25, 0.3) is 0 Å². The van der Waals surface area contributed by atoms with E-state index in [0.29, 0.717) is 11.4 Å². The van der Waals surface area contributed by atoms with Crippen LogP contribution in [-0.2, 0) is 12.8 Å². The second-order valence-corrected chi connectivity index (χ2v) is 5.97. The minimum atomic E-state index is -1.40. The van der Waals surface area contributed by atoms with Gasteiger partial charge in [-0.2, -0.15) is 0 Å². The van der Waals surface area contributed by atoms with E-state index in [1.165, 1.54) is 11.1 Å². The smallest absolute Gasteiger partial charge is 0.423 e. The molecule has 1 aliphatic carbocycles.